The molecule has 0 bridgehead atoms. The smallest absolute Gasteiger partial charge is 0.0568 e. The second-order valence-corrected chi connectivity index (χ2v) is 17.0. The van der Waals surface area contributed by atoms with Crippen molar-refractivity contribution in [1.29, 1.82) is 0 Å². The van der Waals surface area contributed by atoms with E-state index in [0.717, 1.165) is 17.1 Å². The van der Waals surface area contributed by atoms with Crippen molar-refractivity contribution in [3.05, 3.63) is 236 Å². The van der Waals surface area contributed by atoms with E-state index in [9.17, 15) is 0 Å². The maximum absolute atomic E-state index is 2.44. The van der Waals surface area contributed by atoms with Crippen LogP contribution >= 0.6 is 0 Å². The van der Waals surface area contributed by atoms with Gasteiger partial charge in [0.05, 0.1) is 11.4 Å². The van der Waals surface area contributed by atoms with Crippen molar-refractivity contribution in [3.63, 3.8) is 0 Å². The van der Waals surface area contributed by atoms with E-state index in [0.29, 0.717) is 0 Å². The van der Waals surface area contributed by atoms with E-state index in [1.807, 2.05) is 0 Å². The number of hydrogen-bond acceptors (Lipinski definition) is 1. The Morgan fingerprint density at radius 1 is 0.355 bits per heavy atom. The molecule has 0 N–H and O–H groups in total. The molecule has 1 heterocycles. The standard InChI is InChI=1S/C60H46N2/c1-60(2)53-39-32-43-20-16-17-27-51(43)57(53)52-38-37-50(40-54(52)60)62(48-33-28-42(29-34-48)41-18-8-4-9-19-41)49-35-30-45(31-36-49)56-55(44-21-10-5-11-22-44)58(46-23-12-6-13-24-46)61(3)59(56)47-25-14-7-15-26-47/h4-40H,1-3H3. The first kappa shape index (κ1) is 37.3. The van der Waals surface area contributed by atoms with Gasteiger partial charge >= 0.3 is 0 Å². The Kier molecular flexibility index (Phi) is 9.09. The van der Waals surface area contributed by atoms with Crippen LogP contribution in [0.25, 0.3) is 77.8 Å². The molecule has 0 radical (unpaired) electrons. The van der Waals surface area contributed by atoms with E-state index in [2.05, 4.69) is 255 Å². The average Bonchev–Trinajstić information content (AvgIpc) is 3.77. The highest BCUT2D eigenvalue weighted by Crippen LogP contribution is 2.53. The lowest BCUT2D eigenvalue weighted by Crippen LogP contribution is -2.16. The predicted molar refractivity (Wildman–Crippen MR) is 262 cm³/mol. The van der Waals surface area contributed by atoms with Gasteiger partial charge in [-0.25, -0.2) is 0 Å². The first-order valence-electron chi connectivity index (χ1n) is 21.6. The molecular weight excluding hydrogens is 749 g/mol. The van der Waals surface area contributed by atoms with E-state index in [1.165, 1.54) is 88.9 Å². The Labute approximate surface area is 364 Å². The molecule has 0 saturated heterocycles. The summed E-state index contributed by atoms with van der Waals surface area (Å²) >= 11 is 0. The van der Waals surface area contributed by atoms with Crippen LogP contribution in [0.3, 0.4) is 0 Å². The lowest BCUT2D eigenvalue weighted by molar-refractivity contribution is 0.661. The Bertz CT molecular complexity index is 3220. The molecule has 1 aliphatic carbocycles. The fourth-order valence-electron chi connectivity index (χ4n) is 10.0. The number of aromatic nitrogens is 1. The zero-order valence-corrected chi connectivity index (χ0v) is 35.3. The second kappa shape index (κ2) is 15.1. The van der Waals surface area contributed by atoms with E-state index in [1.54, 1.807) is 0 Å². The summed E-state index contributed by atoms with van der Waals surface area (Å²) in [5, 5.41) is 2.59. The van der Waals surface area contributed by atoms with Gasteiger partial charge in [-0.1, -0.05) is 202 Å². The highest BCUT2D eigenvalue weighted by atomic mass is 15.1. The van der Waals surface area contributed by atoms with Crippen molar-refractivity contribution in [2.45, 2.75) is 19.3 Å². The molecule has 0 fully saturated rings. The van der Waals surface area contributed by atoms with Crippen molar-refractivity contribution < 1.29 is 0 Å². The van der Waals surface area contributed by atoms with Gasteiger partial charge in [0.2, 0.25) is 0 Å². The average molecular weight is 795 g/mol. The SMILES string of the molecule is Cn1c(-c2ccccc2)c(-c2ccccc2)c(-c2ccc(N(c3ccc(-c4ccccc4)cc3)c3ccc4c(c3)C(C)(C)c3ccc5ccccc5c3-4)cc2)c1-c1ccccc1. The quantitative estimate of drug-likeness (QED) is 0.149. The van der Waals surface area contributed by atoms with Crippen LogP contribution in [-0.4, -0.2) is 4.57 Å². The van der Waals surface area contributed by atoms with Crippen LogP contribution in [0.4, 0.5) is 17.1 Å². The summed E-state index contributed by atoms with van der Waals surface area (Å²) in [7, 11) is 2.21. The molecule has 9 aromatic carbocycles. The summed E-state index contributed by atoms with van der Waals surface area (Å²) in [4.78, 5) is 2.42. The number of benzene rings is 9. The molecule has 0 saturated carbocycles. The summed E-state index contributed by atoms with van der Waals surface area (Å²) in [6.07, 6.45) is 0. The monoisotopic (exact) mass is 794 g/mol. The number of anilines is 3. The molecule has 2 heteroatoms. The first-order valence-corrected chi connectivity index (χ1v) is 21.6. The van der Waals surface area contributed by atoms with Gasteiger partial charge in [-0.05, 0) is 103 Å². The second-order valence-electron chi connectivity index (χ2n) is 17.0. The normalized spacial score (nSPS) is 12.6. The van der Waals surface area contributed by atoms with Crippen molar-refractivity contribution in [2.24, 2.45) is 7.05 Å². The molecular formula is C60H46N2. The van der Waals surface area contributed by atoms with Gasteiger partial charge in [-0.15, -0.1) is 0 Å². The van der Waals surface area contributed by atoms with Gasteiger partial charge in [0.15, 0.2) is 0 Å². The lowest BCUT2D eigenvalue weighted by atomic mass is 9.82. The third-order valence-electron chi connectivity index (χ3n) is 13.0. The minimum absolute atomic E-state index is 0.164. The molecule has 1 aliphatic rings. The number of fused-ring (bicyclic) bond motifs is 5. The minimum atomic E-state index is -0.164. The van der Waals surface area contributed by atoms with Crippen LogP contribution in [0.15, 0.2) is 224 Å². The Morgan fingerprint density at radius 2 is 0.790 bits per heavy atom. The van der Waals surface area contributed by atoms with Crippen LogP contribution in [0.1, 0.15) is 25.0 Å². The third kappa shape index (κ3) is 6.18. The lowest BCUT2D eigenvalue weighted by Gasteiger charge is -2.28. The fourth-order valence-corrected chi connectivity index (χ4v) is 10.0. The van der Waals surface area contributed by atoms with Crippen LogP contribution in [-0.2, 0) is 12.5 Å². The molecule has 62 heavy (non-hydrogen) atoms. The van der Waals surface area contributed by atoms with Gasteiger partial charge in [0.25, 0.3) is 0 Å². The topological polar surface area (TPSA) is 8.17 Å². The van der Waals surface area contributed by atoms with E-state index >= 15 is 0 Å². The Hall–Kier alpha value is -7.68. The fraction of sp³-hybridized carbons (Fsp3) is 0.0667. The van der Waals surface area contributed by atoms with Gasteiger partial charge in [-0.3, -0.25) is 0 Å². The van der Waals surface area contributed by atoms with E-state index < -0.39 is 0 Å². The van der Waals surface area contributed by atoms with Gasteiger partial charge in [0, 0.05) is 40.7 Å². The largest absolute Gasteiger partial charge is 0.343 e. The van der Waals surface area contributed by atoms with E-state index in [-0.39, 0.29) is 5.41 Å². The summed E-state index contributed by atoms with van der Waals surface area (Å²) in [5.74, 6) is 0. The molecule has 0 atom stereocenters. The summed E-state index contributed by atoms with van der Waals surface area (Å²) in [6, 6.07) is 82.0. The molecule has 0 spiro atoms. The minimum Gasteiger partial charge on any atom is -0.343 e. The Balaban J connectivity index is 1.09. The van der Waals surface area contributed by atoms with Crippen molar-refractivity contribution in [3.8, 4) is 67.0 Å². The summed E-state index contributed by atoms with van der Waals surface area (Å²) < 4.78 is 2.39. The van der Waals surface area contributed by atoms with Crippen LogP contribution in [0.5, 0.6) is 0 Å². The molecule has 0 unspecified atom stereocenters. The van der Waals surface area contributed by atoms with Crippen LogP contribution in [0.2, 0.25) is 0 Å². The van der Waals surface area contributed by atoms with E-state index in [4.69, 9.17) is 0 Å². The van der Waals surface area contributed by atoms with Gasteiger partial charge in [0.1, 0.15) is 0 Å². The van der Waals surface area contributed by atoms with Crippen molar-refractivity contribution in [1.82, 2.24) is 4.57 Å². The van der Waals surface area contributed by atoms with Gasteiger partial charge < -0.3 is 9.47 Å². The molecule has 2 nitrogen and oxygen atoms in total. The molecule has 1 aromatic heterocycles. The highest BCUT2D eigenvalue weighted by molar-refractivity contribution is 6.04. The molecule has 10 aromatic rings. The van der Waals surface area contributed by atoms with Crippen LogP contribution in [0, 0.1) is 0 Å². The summed E-state index contributed by atoms with van der Waals surface area (Å²) in [6.45, 7) is 4.75. The van der Waals surface area contributed by atoms with Crippen molar-refractivity contribution in [2.75, 3.05) is 4.90 Å². The first-order chi connectivity index (χ1) is 30.5. The molecule has 0 amide bonds. The third-order valence-corrected chi connectivity index (χ3v) is 13.0. The maximum atomic E-state index is 2.44. The number of hydrogen-bond donors (Lipinski definition) is 0. The zero-order chi connectivity index (χ0) is 41.8. The highest BCUT2D eigenvalue weighted by Gasteiger charge is 2.37. The van der Waals surface area contributed by atoms with Crippen LogP contribution < -0.4 is 4.90 Å². The predicted octanol–water partition coefficient (Wildman–Crippen LogP) is 16.3. The molecule has 296 valence electrons. The summed E-state index contributed by atoms with van der Waals surface area (Å²) in [5.41, 5.74) is 20.6. The number of rotatable bonds is 8. The number of nitrogens with zero attached hydrogens (tertiary/aromatic N) is 2. The van der Waals surface area contributed by atoms with Gasteiger partial charge in [-0.2, -0.15) is 0 Å². The Morgan fingerprint density at radius 3 is 1.35 bits per heavy atom. The zero-order valence-electron chi connectivity index (χ0n) is 35.3. The molecule has 0 aliphatic heterocycles. The van der Waals surface area contributed by atoms with Crippen molar-refractivity contribution >= 4 is 27.8 Å². The molecule has 11 rings (SSSR count). The maximum Gasteiger partial charge on any atom is 0.0568 e.